The molecule has 2 amide bonds. The molecule has 0 aromatic heterocycles. The lowest BCUT2D eigenvalue weighted by atomic mass is 10.2. The topological polar surface area (TPSA) is 129 Å². The normalized spacial score (nSPS) is 11.2. The van der Waals surface area contributed by atoms with Gasteiger partial charge >= 0.3 is 5.69 Å². The highest BCUT2D eigenvalue weighted by atomic mass is 16.6. The van der Waals surface area contributed by atoms with E-state index in [4.69, 9.17) is 14.2 Å². The number of carbonyl (C=O) groups is 2. The lowest BCUT2D eigenvalue weighted by Crippen LogP contribution is -2.47. The van der Waals surface area contributed by atoms with E-state index in [1.807, 2.05) is 6.92 Å². The molecule has 0 unspecified atom stereocenters. The van der Waals surface area contributed by atoms with E-state index in [0.717, 1.165) is 6.07 Å². The quantitative estimate of drug-likeness (QED) is 0.474. The van der Waals surface area contributed by atoms with Crippen molar-refractivity contribution >= 4 is 17.5 Å². The molecule has 0 aliphatic rings. The summed E-state index contributed by atoms with van der Waals surface area (Å²) in [5, 5.41) is 11.2. The molecule has 2 aromatic rings. The van der Waals surface area contributed by atoms with Crippen LogP contribution >= 0.6 is 0 Å². The van der Waals surface area contributed by atoms with Gasteiger partial charge in [-0.3, -0.25) is 30.6 Å². The van der Waals surface area contributed by atoms with E-state index in [9.17, 15) is 19.7 Å². The number of rotatable bonds is 9. The minimum Gasteiger partial charge on any atom is -0.494 e. The number of ether oxygens (including phenoxy) is 3. The number of hydrazine groups is 1. The van der Waals surface area contributed by atoms with Gasteiger partial charge in [0.1, 0.15) is 11.5 Å². The van der Waals surface area contributed by atoms with Crippen LogP contribution in [0.2, 0.25) is 0 Å². The number of nitro benzene ring substituents is 1. The minimum absolute atomic E-state index is 0.00876. The summed E-state index contributed by atoms with van der Waals surface area (Å²) in [6.45, 7) is 5.86. The van der Waals surface area contributed by atoms with Crippen LogP contribution in [-0.4, -0.2) is 36.1 Å². The SMILES string of the molecule is CCOc1ccc(O[C@H](C)C(=O)NNC(=O)c2ccc(OCC)c([N+](=O)[O-])c2)cc1. The fourth-order valence-corrected chi connectivity index (χ4v) is 2.41. The van der Waals surface area contributed by atoms with Crippen molar-refractivity contribution in [1.82, 2.24) is 10.9 Å². The third-order valence-corrected chi connectivity index (χ3v) is 3.83. The van der Waals surface area contributed by atoms with Crippen molar-refractivity contribution in [2.24, 2.45) is 0 Å². The van der Waals surface area contributed by atoms with Gasteiger partial charge in [-0.2, -0.15) is 0 Å². The molecule has 0 heterocycles. The Hall–Kier alpha value is -3.82. The lowest BCUT2D eigenvalue weighted by molar-refractivity contribution is -0.385. The highest BCUT2D eigenvalue weighted by Gasteiger charge is 2.20. The van der Waals surface area contributed by atoms with Crippen LogP contribution in [0.25, 0.3) is 0 Å². The van der Waals surface area contributed by atoms with Gasteiger partial charge in [-0.05, 0) is 57.2 Å². The second-order valence-corrected chi connectivity index (χ2v) is 5.98. The Labute approximate surface area is 173 Å². The van der Waals surface area contributed by atoms with Crippen molar-refractivity contribution in [1.29, 1.82) is 0 Å². The fourth-order valence-electron chi connectivity index (χ4n) is 2.41. The number of amides is 2. The first-order valence-corrected chi connectivity index (χ1v) is 9.26. The monoisotopic (exact) mass is 417 g/mol. The van der Waals surface area contributed by atoms with Gasteiger partial charge in [0.05, 0.1) is 18.1 Å². The molecule has 10 nitrogen and oxygen atoms in total. The molecular weight excluding hydrogens is 394 g/mol. The van der Waals surface area contributed by atoms with Gasteiger partial charge in [-0.1, -0.05) is 0 Å². The number of nitrogens with zero attached hydrogens (tertiary/aromatic N) is 1. The van der Waals surface area contributed by atoms with Crippen molar-refractivity contribution in [3.63, 3.8) is 0 Å². The first-order valence-electron chi connectivity index (χ1n) is 9.26. The van der Waals surface area contributed by atoms with Crippen LogP contribution in [0.15, 0.2) is 42.5 Å². The van der Waals surface area contributed by atoms with E-state index in [2.05, 4.69) is 10.9 Å². The van der Waals surface area contributed by atoms with Crippen molar-refractivity contribution in [3.8, 4) is 17.2 Å². The molecule has 0 bridgehead atoms. The van der Waals surface area contributed by atoms with Gasteiger partial charge in [-0.15, -0.1) is 0 Å². The molecule has 0 fully saturated rings. The lowest BCUT2D eigenvalue weighted by Gasteiger charge is -2.15. The van der Waals surface area contributed by atoms with Gasteiger partial charge in [0, 0.05) is 11.6 Å². The Morgan fingerprint density at radius 2 is 1.63 bits per heavy atom. The second kappa shape index (κ2) is 10.6. The molecule has 2 aromatic carbocycles. The zero-order valence-corrected chi connectivity index (χ0v) is 16.8. The Balaban J connectivity index is 1.94. The van der Waals surface area contributed by atoms with E-state index in [1.165, 1.54) is 19.1 Å². The Morgan fingerprint density at radius 1 is 1.00 bits per heavy atom. The molecule has 0 saturated heterocycles. The average molecular weight is 417 g/mol. The summed E-state index contributed by atoms with van der Waals surface area (Å²) in [7, 11) is 0. The summed E-state index contributed by atoms with van der Waals surface area (Å²) in [5.74, 6) is -0.130. The number of nitro groups is 1. The van der Waals surface area contributed by atoms with E-state index in [1.54, 1.807) is 31.2 Å². The molecule has 0 radical (unpaired) electrons. The first-order chi connectivity index (χ1) is 14.3. The predicted molar refractivity (Wildman–Crippen MR) is 108 cm³/mol. The maximum absolute atomic E-state index is 12.2. The highest BCUT2D eigenvalue weighted by Crippen LogP contribution is 2.27. The summed E-state index contributed by atoms with van der Waals surface area (Å²) in [4.78, 5) is 34.9. The third-order valence-electron chi connectivity index (χ3n) is 3.83. The van der Waals surface area contributed by atoms with E-state index in [-0.39, 0.29) is 23.6 Å². The summed E-state index contributed by atoms with van der Waals surface area (Å²) in [6, 6.07) is 10.5. The van der Waals surface area contributed by atoms with Crippen LogP contribution in [0.4, 0.5) is 5.69 Å². The number of hydrogen-bond donors (Lipinski definition) is 2. The molecular formula is C20H23N3O7. The van der Waals surface area contributed by atoms with Gasteiger partial charge in [0.2, 0.25) is 0 Å². The molecule has 0 aliphatic heterocycles. The second-order valence-electron chi connectivity index (χ2n) is 5.98. The number of nitrogens with one attached hydrogen (secondary N) is 2. The number of benzene rings is 2. The predicted octanol–water partition coefficient (Wildman–Crippen LogP) is 2.62. The summed E-state index contributed by atoms with van der Waals surface area (Å²) >= 11 is 0. The van der Waals surface area contributed by atoms with E-state index >= 15 is 0 Å². The first kappa shape index (κ1) is 22.5. The zero-order valence-electron chi connectivity index (χ0n) is 16.8. The molecule has 0 spiro atoms. The fraction of sp³-hybridized carbons (Fsp3) is 0.300. The average Bonchev–Trinajstić information content (AvgIpc) is 2.73. The molecule has 10 heteroatoms. The summed E-state index contributed by atoms with van der Waals surface area (Å²) in [6.07, 6.45) is -0.905. The smallest absolute Gasteiger partial charge is 0.311 e. The Bertz CT molecular complexity index is 900. The minimum atomic E-state index is -0.905. The third kappa shape index (κ3) is 6.09. The van der Waals surface area contributed by atoms with Crippen molar-refractivity contribution in [2.45, 2.75) is 26.9 Å². The Kier molecular flexibility index (Phi) is 7.98. The van der Waals surface area contributed by atoms with Crippen LogP contribution in [0.3, 0.4) is 0 Å². The summed E-state index contributed by atoms with van der Waals surface area (Å²) < 4.78 is 16.0. The molecule has 2 N–H and O–H groups in total. The molecule has 0 aliphatic carbocycles. The zero-order chi connectivity index (χ0) is 22.1. The summed E-state index contributed by atoms with van der Waals surface area (Å²) in [5.41, 5.74) is 4.09. The van der Waals surface area contributed by atoms with Crippen LogP contribution < -0.4 is 25.1 Å². The van der Waals surface area contributed by atoms with Gasteiger partial charge < -0.3 is 14.2 Å². The largest absolute Gasteiger partial charge is 0.494 e. The van der Waals surface area contributed by atoms with Gasteiger partial charge in [0.15, 0.2) is 11.9 Å². The van der Waals surface area contributed by atoms with Crippen LogP contribution in [0.1, 0.15) is 31.1 Å². The number of carbonyl (C=O) groups excluding carboxylic acids is 2. The maximum atomic E-state index is 12.2. The molecule has 0 saturated carbocycles. The van der Waals surface area contributed by atoms with Gasteiger partial charge in [-0.25, -0.2) is 0 Å². The van der Waals surface area contributed by atoms with E-state index in [0.29, 0.717) is 18.1 Å². The standard InChI is InChI=1S/C20H23N3O7/c1-4-28-15-7-9-16(10-8-15)30-13(3)19(24)21-22-20(25)14-6-11-18(29-5-2)17(12-14)23(26)27/h6-13H,4-5H2,1-3H3,(H,21,24)(H,22,25)/t13-/m1/s1. The van der Waals surface area contributed by atoms with Crippen LogP contribution in [-0.2, 0) is 4.79 Å². The van der Waals surface area contributed by atoms with Crippen LogP contribution in [0.5, 0.6) is 17.2 Å². The molecule has 30 heavy (non-hydrogen) atoms. The van der Waals surface area contributed by atoms with E-state index < -0.39 is 22.8 Å². The van der Waals surface area contributed by atoms with Crippen LogP contribution in [0, 0.1) is 10.1 Å². The highest BCUT2D eigenvalue weighted by molar-refractivity contribution is 5.96. The molecule has 1 atom stereocenters. The van der Waals surface area contributed by atoms with Crippen molar-refractivity contribution < 1.29 is 28.7 Å². The molecule has 2 rings (SSSR count). The molecule has 160 valence electrons. The number of hydrogen-bond acceptors (Lipinski definition) is 7. The van der Waals surface area contributed by atoms with Gasteiger partial charge in [0.25, 0.3) is 11.8 Å². The van der Waals surface area contributed by atoms with Crippen molar-refractivity contribution in [3.05, 3.63) is 58.1 Å². The Morgan fingerprint density at radius 3 is 2.23 bits per heavy atom. The van der Waals surface area contributed by atoms with Crippen molar-refractivity contribution in [2.75, 3.05) is 13.2 Å². The maximum Gasteiger partial charge on any atom is 0.311 e.